The molecule has 1 aliphatic heterocycles. The highest BCUT2D eigenvalue weighted by Gasteiger charge is 2.36. The zero-order valence-corrected chi connectivity index (χ0v) is 17.4. The van der Waals surface area contributed by atoms with Gasteiger partial charge in [0.25, 0.3) is 0 Å². The van der Waals surface area contributed by atoms with E-state index >= 15 is 0 Å². The van der Waals surface area contributed by atoms with E-state index in [1.807, 2.05) is 48.5 Å². The largest absolute Gasteiger partial charge is 0.497 e. The molecule has 0 bridgehead atoms. The number of nitrogens with zero attached hydrogens (tertiary/aromatic N) is 3. The number of benzene rings is 2. The van der Waals surface area contributed by atoms with Gasteiger partial charge in [-0.2, -0.15) is 5.10 Å². The second-order valence-electron chi connectivity index (χ2n) is 8.17. The van der Waals surface area contributed by atoms with Crippen LogP contribution in [-0.4, -0.2) is 45.8 Å². The summed E-state index contributed by atoms with van der Waals surface area (Å²) >= 11 is 0. The van der Waals surface area contributed by atoms with E-state index in [-0.39, 0.29) is 17.6 Å². The van der Waals surface area contributed by atoms with Crippen molar-refractivity contribution in [3.63, 3.8) is 0 Å². The van der Waals surface area contributed by atoms with Crippen molar-refractivity contribution in [2.75, 3.05) is 20.2 Å². The lowest BCUT2D eigenvalue weighted by molar-refractivity contribution is -0.131. The number of hydrogen-bond acceptors (Lipinski definition) is 4. The summed E-state index contributed by atoms with van der Waals surface area (Å²) < 4.78 is 23.9. The van der Waals surface area contributed by atoms with E-state index in [9.17, 15) is 9.59 Å². The van der Waals surface area contributed by atoms with E-state index in [0.29, 0.717) is 25.1 Å². The molecule has 7 nitrogen and oxygen atoms in total. The van der Waals surface area contributed by atoms with Gasteiger partial charge in [-0.15, -0.1) is 0 Å². The number of aromatic amines is 1. The summed E-state index contributed by atoms with van der Waals surface area (Å²) in [6.07, 6.45) is 2.36. The minimum Gasteiger partial charge on any atom is -0.497 e. The molecule has 3 aromatic rings. The van der Waals surface area contributed by atoms with Gasteiger partial charge in [0, 0.05) is 31.1 Å². The highest BCUT2D eigenvalue weighted by molar-refractivity contribution is 5.81. The third-order valence-corrected chi connectivity index (χ3v) is 5.98. The van der Waals surface area contributed by atoms with E-state index in [0.717, 1.165) is 34.3 Å². The lowest BCUT2D eigenvalue weighted by Gasteiger charge is -2.16. The summed E-state index contributed by atoms with van der Waals surface area (Å²) in [7, 11) is 1.62. The molecule has 5 rings (SSSR count). The topological polar surface area (TPSA) is 80.2 Å². The molecule has 0 unspecified atom stereocenters. The number of carbonyl (C=O) groups excluding carboxylic acids is 1. The fraction of sp³-hybridized carbons (Fsp3) is 0.375. The predicted molar refractivity (Wildman–Crippen MR) is 118 cm³/mol. The van der Waals surface area contributed by atoms with Gasteiger partial charge in [-0.25, -0.2) is 9.89 Å². The van der Waals surface area contributed by atoms with Crippen molar-refractivity contribution in [1.82, 2.24) is 19.7 Å². The molecule has 1 atom stereocenters. The molecule has 2 heterocycles. The van der Waals surface area contributed by atoms with Gasteiger partial charge in [0.05, 0.1) is 9.85 Å². The van der Waals surface area contributed by atoms with Gasteiger partial charge < -0.3 is 9.64 Å². The third-order valence-electron chi connectivity index (χ3n) is 5.98. The Hall–Kier alpha value is -3.35. The summed E-state index contributed by atoms with van der Waals surface area (Å²) in [6, 6.07) is 15.2. The van der Waals surface area contributed by atoms with Crippen LogP contribution in [0.15, 0.2) is 53.3 Å². The van der Waals surface area contributed by atoms with Crippen LogP contribution in [0.2, 0.25) is 0 Å². The maximum atomic E-state index is 12.6. The van der Waals surface area contributed by atoms with Gasteiger partial charge in [-0.1, -0.05) is 36.4 Å². The van der Waals surface area contributed by atoms with Gasteiger partial charge in [-0.3, -0.25) is 9.36 Å². The van der Waals surface area contributed by atoms with Crippen LogP contribution in [0.4, 0.5) is 0 Å². The van der Waals surface area contributed by atoms with Crippen LogP contribution in [0.5, 0.6) is 5.75 Å². The molecule has 1 aromatic heterocycles. The Morgan fingerprint density at radius 1 is 1.10 bits per heavy atom. The highest BCUT2D eigenvalue weighted by atomic mass is 16.5. The van der Waals surface area contributed by atoms with Crippen molar-refractivity contribution < 1.29 is 12.3 Å². The number of aromatic nitrogens is 3. The first-order chi connectivity index (χ1) is 15.9. The lowest BCUT2D eigenvalue weighted by Crippen LogP contribution is -2.31. The van der Waals surface area contributed by atoms with Crippen LogP contribution in [0, 0.1) is 11.8 Å². The molecule has 2 aliphatic rings. The monoisotopic (exact) mass is 420 g/mol. The van der Waals surface area contributed by atoms with Crippen molar-refractivity contribution >= 4 is 5.91 Å². The number of rotatable bonds is 6. The molecular formula is C24H26N4O3. The Labute approximate surface area is 183 Å². The van der Waals surface area contributed by atoms with E-state index in [1.165, 1.54) is 0 Å². The van der Waals surface area contributed by atoms with Gasteiger partial charge in [-0.05, 0) is 48.4 Å². The standard InChI is InChI=1S/C24H26N4O3/c1-31-21-10-8-18(9-11-21)17-2-4-19(5-3-17)22-25-26-24(30)28(22)15-16-12-13-27(14-16)23(29)20-6-7-20/h2-5,8-11,16,20H,6-7,12-15H2,1H3,(H,26,30)/t16-/m1/s1/i15D2. The molecule has 1 amide bonds. The Bertz CT molecular complexity index is 1210. The van der Waals surface area contributed by atoms with Crippen molar-refractivity contribution in [3.8, 4) is 28.3 Å². The SMILES string of the molecule is [2H]C([2H])([C@@H]1CCN(C(=O)C2CC2)C1)n1c(-c2ccc(-c3ccc(OC)cc3)cc2)n[nH]c1=O. The highest BCUT2D eigenvalue weighted by Crippen LogP contribution is 2.33. The Morgan fingerprint density at radius 2 is 1.74 bits per heavy atom. The molecule has 1 N–H and O–H groups in total. The quantitative estimate of drug-likeness (QED) is 0.664. The van der Waals surface area contributed by atoms with Gasteiger partial charge in [0.15, 0.2) is 5.82 Å². The van der Waals surface area contributed by atoms with Gasteiger partial charge >= 0.3 is 5.69 Å². The van der Waals surface area contributed by atoms with E-state index < -0.39 is 18.1 Å². The Morgan fingerprint density at radius 3 is 2.39 bits per heavy atom. The normalized spacial score (nSPS) is 19.8. The molecule has 31 heavy (non-hydrogen) atoms. The third kappa shape index (κ3) is 4.00. The average molecular weight is 421 g/mol. The maximum absolute atomic E-state index is 12.6. The van der Waals surface area contributed by atoms with Crippen LogP contribution in [-0.2, 0) is 11.3 Å². The van der Waals surface area contributed by atoms with E-state index in [1.54, 1.807) is 12.0 Å². The average Bonchev–Trinajstić information content (AvgIpc) is 3.41. The summed E-state index contributed by atoms with van der Waals surface area (Å²) in [5.41, 5.74) is 2.04. The maximum Gasteiger partial charge on any atom is 0.343 e. The fourth-order valence-electron chi connectivity index (χ4n) is 4.04. The summed E-state index contributed by atoms with van der Waals surface area (Å²) in [6.45, 7) is -1.14. The fourth-order valence-corrected chi connectivity index (χ4v) is 4.04. The molecule has 1 saturated heterocycles. The van der Waals surface area contributed by atoms with Crippen molar-refractivity contribution in [2.45, 2.75) is 25.8 Å². The van der Waals surface area contributed by atoms with Crippen molar-refractivity contribution in [1.29, 1.82) is 0 Å². The molecule has 2 fully saturated rings. The van der Waals surface area contributed by atoms with Crippen LogP contribution >= 0.6 is 0 Å². The molecule has 1 aliphatic carbocycles. The first-order valence-corrected chi connectivity index (χ1v) is 10.6. The van der Waals surface area contributed by atoms with Crippen molar-refractivity contribution in [3.05, 3.63) is 59.0 Å². The number of hydrogen-bond donors (Lipinski definition) is 1. The molecule has 1 saturated carbocycles. The first kappa shape index (κ1) is 17.3. The van der Waals surface area contributed by atoms with Crippen LogP contribution in [0.1, 0.15) is 22.0 Å². The van der Waals surface area contributed by atoms with Crippen LogP contribution < -0.4 is 10.4 Å². The summed E-state index contributed by atoms with van der Waals surface area (Å²) in [5.74, 6) is 0.766. The minimum absolute atomic E-state index is 0.103. The Balaban J connectivity index is 1.40. The predicted octanol–water partition coefficient (Wildman–Crippen LogP) is 3.17. The van der Waals surface area contributed by atoms with Crippen molar-refractivity contribution in [2.24, 2.45) is 11.8 Å². The zero-order chi connectivity index (χ0) is 23.2. The number of H-pyrrole nitrogens is 1. The van der Waals surface area contributed by atoms with Crippen LogP contribution in [0.3, 0.4) is 0 Å². The van der Waals surface area contributed by atoms with Crippen LogP contribution in [0.25, 0.3) is 22.5 Å². The van der Waals surface area contributed by atoms with Gasteiger partial charge in [0.2, 0.25) is 5.91 Å². The van der Waals surface area contributed by atoms with E-state index in [2.05, 4.69) is 10.2 Å². The Kier molecular flexibility index (Phi) is 4.51. The zero-order valence-electron chi connectivity index (χ0n) is 19.4. The number of carbonyl (C=O) groups is 1. The molecule has 0 spiro atoms. The second kappa shape index (κ2) is 8.06. The second-order valence-corrected chi connectivity index (χ2v) is 8.17. The number of likely N-dealkylation sites (tertiary alicyclic amines) is 1. The number of methoxy groups -OCH3 is 1. The van der Waals surface area contributed by atoms with E-state index in [4.69, 9.17) is 7.48 Å². The number of ether oxygens (including phenoxy) is 1. The smallest absolute Gasteiger partial charge is 0.343 e. The number of nitrogens with one attached hydrogen (secondary N) is 1. The summed E-state index contributed by atoms with van der Waals surface area (Å²) in [5, 5.41) is 6.54. The molecule has 160 valence electrons. The molecular weight excluding hydrogens is 392 g/mol. The lowest BCUT2D eigenvalue weighted by atomic mass is 10.0. The first-order valence-electron chi connectivity index (χ1n) is 11.6. The summed E-state index contributed by atoms with van der Waals surface area (Å²) in [4.78, 5) is 26.8. The minimum atomic E-state index is -1.98. The molecule has 2 aromatic carbocycles. The molecule has 0 radical (unpaired) electrons. The molecule has 7 heteroatoms. The number of amides is 1. The van der Waals surface area contributed by atoms with Gasteiger partial charge in [0.1, 0.15) is 5.75 Å².